The van der Waals surface area contributed by atoms with E-state index in [1.54, 1.807) is 12.1 Å². The fourth-order valence-corrected chi connectivity index (χ4v) is 4.33. The molecule has 112 valence electrons. The van der Waals surface area contributed by atoms with Crippen LogP contribution < -0.4 is 10.5 Å². The maximum Gasteiger partial charge on any atom is 0.242 e. The number of hydrogen-bond donors (Lipinski definition) is 2. The molecule has 1 fully saturated rings. The zero-order valence-corrected chi connectivity index (χ0v) is 13.5. The predicted octanol–water partition coefficient (Wildman–Crippen LogP) is 2.74. The first-order valence-corrected chi connectivity index (χ1v) is 8.48. The zero-order chi connectivity index (χ0) is 15.1. The molecule has 0 bridgehead atoms. The summed E-state index contributed by atoms with van der Waals surface area (Å²) in [6, 6.07) is 3.39. The molecule has 3 N–H and O–H groups in total. The molecule has 5 heteroatoms. The summed E-state index contributed by atoms with van der Waals surface area (Å²) in [5.41, 5.74) is 8.35. The second kappa shape index (κ2) is 5.04. The van der Waals surface area contributed by atoms with Crippen molar-refractivity contribution in [3.05, 3.63) is 23.3 Å². The first kappa shape index (κ1) is 15.3. The lowest BCUT2D eigenvalue weighted by Gasteiger charge is -2.18. The van der Waals surface area contributed by atoms with E-state index in [4.69, 9.17) is 5.73 Å². The van der Waals surface area contributed by atoms with E-state index in [1.165, 1.54) is 0 Å². The molecule has 1 aliphatic carbocycles. The topological polar surface area (TPSA) is 72.2 Å². The Morgan fingerprint density at radius 3 is 2.40 bits per heavy atom. The first-order valence-electron chi connectivity index (χ1n) is 7.00. The van der Waals surface area contributed by atoms with Gasteiger partial charge in [0.1, 0.15) is 4.90 Å². The monoisotopic (exact) mass is 296 g/mol. The van der Waals surface area contributed by atoms with Gasteiger partial charge in [0.2, 0.25) is 10.0 Å². The third kappa shape index (κ3) is 3.15. The second-order valence-electron chi connectivity index (χ2n) is 6.70. The minimum absolute atomic E-state index is 0.0102. The Balaban J connectivity index is 2.26. The highest BCUT2D eigenvalue weighted by molar-refractivity contribution is 7.89. The van der Waals surface area contributed by atoms with Crippen molar-refractivity contribution in [1.29, 1.82) is 0 Å². The molecule has 1 aromatic carbocycles. The van der Waals surface area contributed by atoms with Crippen molar-refractivity contribution in [1.82, 2.24) is 4.72 Å². The van der Waals surface area contributed by atoms with Crippen molar-refractivity contribution in [2.45, 2.75) is 57.9 Å². The standard InChI is InChI=1S/C15H24N2O2S/c1-10-7-13(16)14(8-11(10)2)20(18,19)17-12-5-6-15(3,4)9-12/h7-8,12,17H,5-6,9,16H2,1-4H3. The van der Waals surface area contributed by atoms with Crippen LogP contribution in [0.25, 0.3) is 0 Å². The molecule has 1 aromatic rings. The third-order valence-corrected chi connectivity index (χ3v) is 5.78. The molecule has 2 rings (SSSR count). The molecule has 1 saturated carbocycles. The van der Waals surface area contributed by atoms with E-state index in [-0.39, 0.29) is 16.4 Å². The smallest absolute Gasteiger partial charge is 0.242 e. The van der Waals surface area contributed by atoms with Gasteiger partial charge in [-0.2, -0.15) is 0 Å². The summed E-state index contributed by atoms with van der Waals surface area (Å²) in [7, 11) is -3.54. The molecule has 1 atom stereocenters. The van der Waals surface area contributed by atoms with Crippen molar-refractivity contribution in [2.24, 2.45) is 5.41 Å². The summed E-state index contributed by atoms with van der Waals surface area (Å²) < 4.78 is 27.8. The minimum atomic E-state index is -3.54. The van der Waals surface area contributed by atoms with E-state index in [0.29, 0.717) is 5.69 Å². The Bertz CT molecular complexity index is 621. The Kier molecular flexibility index (Phi) is 3.86. The predicted molar refractivity (Wildman–Crippen MR) is 82.1 cm³/mol. The number of benzene rings is 1. The van der Waals surface area contributed by atoms with Crippen LogP contribution in [0, 0.1) is 19.3 Å². The lowest BCUT2D eigenvalue weighted by molar-refractivity contribution is 0.372. The number of nitrogens with two attached hydrogens (primary N) is 1. The van der Waals surface area contributed by atoms with Gasteiger partial charge < -0.3 is 5.73 Å². The Morgan fingerprint density at radius 1 is 1.25 bits per heavy atom. The molecule has 0 heterocycles. The molecule has 4 nitrogen and oxygen atoms in total. The summed E-state index contributed by atoms with van der Waals surface area (Å²) in [6.07, 6.45) is 2.80. The number of hydrogen-bond acceptors (Lipinski definition) is 3. The van der Waals surface area contributed by atoms with E-state index < -0.39 is 10.0 Å². The molecule has 0 radical (unpaired) electrons. The summed E-state index contributed by atoms with van der Waals surface area (Å²) in [4.78, 5) is 0.199. The van der Waals surface area contributed by atoms with Crippen LogP contribution in [0.2, 0.25) is 0 Å². The van der Waals surface area contributed by atoms with Crippen molar-refractivity contribution >= 4 is 15.7 Å². The number of nitrogens with one attached hydrogen (secondary N) is 1. The highest BCUT2D eigenvalue weighted by atomic mass is 32.2. The highest BCUT2D eigenvalue weighted by Gasteiger charge is 2.34. The average molecular weight is 296 g/mol. The number of aryl methyl sites for hydroxylation is 2. The van der Waals surface area contributed by atoms with E-state index in [0.717, 1.165) is 30.4 Å². The summed E-state index contributed by atoms with van der Waals surface area (Å²) in [6.45, 7) is 8.17. The van der Waals surface area contributed by atoms with Crippen molar-refractivity contribution in [3.63, 3.8) is 0 Å². The van der Waals surface area contributed by atoms with Crippen molar-refractivity contribution < 1.29 is 8.42 Å². The van der Waals surface area contributed by atoms with Gasteiger partial charge in [-0.25, -0.2) is 13.1 Å². The van der Waals surface area contributed by atoms with E-state index >= 15 is 0 Å². The number of nitrogen functional groups attached to an aromatic ring is 1. The number of sulfonamides is 1. The molecule has 0 aromatic heterocycles. The SMILES string of the molecule is Cc1cc(N)c(S(=O)(=O)NC2CCC(C)(C)C2)cc1C. The fourth-order valence-electron chi connectivity index (χ4n) is 2.86. The van der Waals surface area contributed by atoms with Crippen LogP contribution in [0.1, 0.15) is 44.2 Å². The molecule has 0 aliphatic heterocycles. The Hall–Kier alpha value is -1.07. The van der Waals surface area contributed by atoms with E-state index in [2.05, 4.69) is 18.6 Å². The maximum absolute atomic E-state index is 12.5. The summed E-state index contributed by atoms with van der Waals surface area (Å²) in [5.74, 6) is 0. The molecule has 20 heavy (non-hydrogen) atoms. The zero-order valence-electron chi connectivity index (χ0n) is 12.7. The number of anilines is 1. The van der Waals surface area contributed by atoms with E-state index in [1.807, 2.05) is 13.8 Å². The van der Waals surface area contributed by atoms with Crippen LogP contribution in [0.15, 0.2) is 17.0 Å². The summed E-state index contributed by atoms with van der Waals surface area (Å²) in [5, 5.41) is 0. The molecule has 0 spiro atoms. The minimum Gasteiger partial charge on any atom is -0.398 e. The maximum atomic E-state index is 12.5. The van der Waals surface area contributed by atoms with Gasteiger partial charge >= 0.3 is 0 Å². The molecular formula is C15H24N2O2S. The van der Waals surface area contributed by atoms with Gasteiger partial charge in [0, 0.05) is 6.04 Å². The van der Waals surface area contributed by atoms with Gasteiger partial charge in [-0.05, 0) is 61.8 Å². The molecule has 0 saturated heterocycles. The molecular weight excluding hydrogens is 272 g/mol. The fraction of sp³-hybridized carbons (Fsp3) is 0.600. The first-order chi connectivity index (χ1) is 9.11. The van der Waals surface area contributed by atoms with Gasteiger partial charge in [0.05, 0.1) is 5.69 Å². The normalized spacial score (nSPS) is 22.1. The van der Waals surface area contributed by atoms with Crippen molar-refractivity contribution in [3.8, 4) is 0 Å². The van der Waals surface area contributed by atoms with Gasteiger partial charge in [0.15, 0.2) is 0 Å². The van der Waals surface area contributed by atoms with Crippen LogP contribution in [0.4, 0.5) is 5.69 Å². The Labute approximate surface area is 121 Å². The van der Waals surface area contributed by atoms with Gasteiger partial charge in [-0.3, -0.25) is 0 Å². The summed E-state index contributed by atoms with van der Waals surface area (Å²) >= 11 is 0. The molecule has 1 aliphatic rings. The van der Waals surface area contributed by atoms with Crippen LogP contribution in [0.5, 0.6) is 0 Å². The van der Waals surface area contributed by atoms with Crippen LogP contribution in [-0.4, -0.2) is 14.5 Å². The highest BCUT2D eigenvalue weighted by Crippen LogP contribution is 2.37. The largest absolute Gasteiger partial charge is 0.398 e. The lowest BCUT2D eigenvalue weighted by Crippen LogP contribution is -2.34. The van der Waals surface area contributed by atoms with Gasteiger partial charge in [-0.1, -0.05) is 13.8 Å². The molecule has 0 amide bonds. The lowest BCUT2D eigenvalue weighted by atomic mass is 9.92. The van der Waals surface area contributed by atoms with Gasteiger partial charge in [-0.15, -0.1) is 0 Å². The Morgan fingerprint density at radius 2 is 1.85 bits per heavy atom. The van der Waals surface area contributed by atoms with Crippen molar-refractivity contribution in [2.75, 3.05) is 5.73 Å². The third-order valence-electron chi connectivity index (χ3n) is 4.21. The second-order valence-corrected chi connectivity index (χ2v) is 8.38. The van der Waals surface area contributed by atoms with E-state index in [9.17, 15) is 8.42 Å². The quantitative estimate of drug-likeness (QED) is 0.842. The number of rotatable bonds is 3. The average Bonchev–Trinajstić information content (AvgIpc) is 2.62. The van der Waals surface area contributed by atoms with Crippen LogP contribution in [0.3, 0.4) is 0 Å². The van der Waals surface area contributed by atoms with Crippen LogP contribution in [-0.2, 0) is 10.0 Å². The van der Waals surface area contributed by atoms with Crippen LogP contribution >= 0.6 is 0 Å². The molecule has 1 unspecified atom stereocenters. The van der Waals surface area contributed by atoms with Gasteiger partial charge in [0.25, 0.3) is 0 Å².